The largest absolute Gasteiger partial charge is 0.404 e. The molecule has 156 valence electrons. The van der Waals surface area contributed by atoms with Crippen LogP contribution in [0.2, 0.25) is 5.04 Å². The van der Waals surface area contributed by atoms with Crippen LogP contribution in [0.4, 0.5) is 0 Å². The lowest BCUT2D eigenvalue weighted by Gasteiger charge is -2.48. The van der Waals surface area contributed by atoms with E-state index in [4.69, 9.17) is 18.6 Å². The van der Waals surface area contributed by atoms with Gasteiger partial charge in [-0.25, -0.2) is 0 Å². The number of aliphatic hydroxyl groups is 1. The Bertz CT molecular complexity index is 783. The third-order valence-corrected chi connectivity index (χ3v) is 11.1. The van der Waals surface area contributed by atoms with Crippen LogP contribution in [0.15, 0.2) is 60.7 Å². The molecule has 2 aromatic rings. The SMILES string of the molecule is CO[C@@H]1O[C@@]2(CO[Si](c3ccccc3)(c3ccccc3)C(C)(C)C)COC2[C@@H]1O. The lowest BCUT2D eigenvalue weighted by Crippen LogP contribution is -2.70. The third-order valence-electron chi connectivity index (χ3n) is 6.15. The van der Waals surface area contributed by atoms with Crippen molar-refractivity contribution in [2.24, 2.45) is 0 Å². The molecule has 2 saturated heterocycles. The first-order valence-electron chi connectivity index (χ1n) is 10.1. The molecule has 2 aliphatic rings. The molecule has 1 unspecified atom stereocenters. The highest BCUT2D eigenvalue weighted by Gasteiger charge is 2.64. The van der Waals surface area contributed by atoms with Gasteiger partial charge >= 0.3 is 0 Å². The summed E-state index contributed by atoms with van der Waals surface area (Å²) >= 11 is 0. The Hall–Kier alpha value is -1.54. The van der Waals surface area contributed by atoms with Crippen LogP contribution in [0.3, 0.4) is 0 Å². The molecule has 4 rings (SSSR count). The number of benzene rings is 2. The minimum Gasteiger partial charge on any atom is -0.404 e. The van der Waals surface area contributed by atoms with Gasteiger partial charge in [0.25, 0.3) is 8.32 Å². The molecule has 2 aromatic carbocycles. The molecule has 0 bridgehead atoms. The van der Waals surface area contributed by atoms with Crippen molar-refractivity contribution in [1.29, 1.82) is 0 Å². The van der Waals surface area contributed by atoms with Crippen molar-refractivity contribution in [3.8, 4) is 0 Å². The van der Waals surface area contributed by atoms with Crippen LogP contribution in [0, 0.1) is 0 Å². The van der Waals surface area contributed by atoms with Gasteiger partial charge in [0.05, 0.1) is 13.2 Å². The number of methoxy groups -OCH3 is 1. The molecule has 2 heterocycles. The van der Waals surface area contributed by atoms with Crippen molar-refractivity contribution in [2.45, 2.75) is 49.9 Å². The molecule has 0 aromatic heterocycles. The topological polar surface area (TPSA) is 57.2 Å². The van der Waals surface area contributed by atoms with Gasteiger partial charge in [0, 0.05) is 7.11 Å². The zero-order chi connectivity index (χ0) is 20.7. The summed E-state index contributed by atoms with van der Waals surface area (Å²) in [4.78, 5) is 0. The third kappa shape index (κ3) is 3.28. The molecule has 1 N–H and O–H groups in total. The molecule has 2 fully saturated rings. The van der Waals surface area contributed by atoms with Gasteiger partial charge in [0.2, 0.25) is 0 Å². The molecule has 29 heavy (non-hydrogen) atoms. The Morgan fingerprint density at radius 2 is 1.59 bits per heavy atom. The summed E-state index contributed by atoms with van der Waals surface area (Å²) in [6.07, 6.45) is -1.92. The Labute approximate surface area is 173 Å². The second kappa shape index (κ2) is 7.61. The normalized spacial score (nSPS) is 29.3. The maximum absolute atomic E-state index is 10.4. The van der Waals surface area contributed by atoms with Gasteiger partial charge < -0.3 is 23.7 Å². The summed E-state index contributed by atoms with van der Waals surface area (Å²) in [6, 6.07) is 21.0. The molecule has 0 spiro atoms. The molecular formula is C23H30O5Si. The van der Waals surface area contributed by atoms with Crippen LogP contribution < -0.4 is 10.4 Å². The average Bonchev–Trinajstić information content (AvgIpc) is 2.88. The first-order chi connectivity index (χ1) is 13.8. The molecule has 0 saturated carbocycles. The van der Waals surface area contributed by atoms with Crippen LogP contribution in [0.25, 0.3) is 0 Å². The van der Waals surface area contributed by atoms with Crippen molar-refractivity contribution in [1.82, 2.24) is 0 Å². The van der Waals surface area contributed by atoms with E-state index in [9.17, 15) is 5.11 Å². The maximum atomic E-state index is 10.4. The Morgan fingerprint density at radius 1 is 1.03 bits per heavy atom. The minimum atomic E-state index is -2.67. The summed E-state index contributed by atoms with van der Waals surface area (Å²) in [5, 5.41) is 12.8. The van der Waals surface area contributed by atoms with Gasteiger partial charge in [-0.15, -0.1) is 0 Å². The monoisotopic (exact) mass is 414 g/mol. The number of hydrogen-bond donors (Lipinski definition) is 1. The molecule has 6 heteroatoms. The lowest BCUT2D eigenvalue weighted by atomic mass is 9.92. The van der Waals surface area contributed by atoms with Crippen LogP contribution in [0.1, 0.15) is 20.8 Å². The van der Waals surface area contributed by atoms with Gasteiger partial charge in [-0.1, -0.05) is 81.4 Å². The fourth-order valence-corrected chi connectivity index (χ4v) is 9.27. The number of ether oxygens (including phenoxy) is 3. The first-order valence-corrected chi connectivity index (χ1v) is 12.0. The van der Waals surface area contributed by atoms with E-state index in [1.54, 1.807) is 0 Å². The summed E-state index contributed by atoms with van der Waals surface area (Å²) in [7, 11) is -1.13. The van der Waals surface area contributed by atoms with E-state index in [1.807, 2.05) is 12.1 Å². The van der Waals surface area contributed by atoms with Gasteiger partial charge in [-0.05, 0) is 15.4 Å². The summed E-state index contributed by atoms with van der Waals surface area (Å²) in [5.41, 5.74) is -0.673. The van der Waals surface area contributed by atoms with Crippen molar-refractivity contribution < 1.29 is 23.7 Å². The van der Waals surface area contributed by atoms with Gasteiger partial charge in [-0.3, -0.25) is 0 Å². The number of rotatable bonds is 6. The van der Waals surface area contributed by atoms with Crippen LogP contribution in [-0.2, 0) is 18.6 Å². The molecule has 0 aliphatic carbocycles. The summed E-state index contributed by atoms with van der Waals surface area (Å²) in [5.74, 6) is 0. The average molecular weight is 415 g/mol. The smallest absolute Gasteiger partial charge is 0.261 e. The fourth-order valence-electron chi connectivity index (χ4n) is 4.66. The van der Waals surface area contributed by atoms with Gasteiger partial charge in [0.15, 0.2) is 6.29 Å². The van der Waals surface area contributed by atoms with Gasteiger partial charge in [-0.2, -0.15) is 0 Å². The quantitative estimate of drug-likeness (QED) is 0.734. The molecule has 2 aliphatic heterocycles. The summed E-state index contributed by atoms with van der Waals surface area (Å²) in [6.45, 7) is 7.48. The van der Waals surface area contributed by atoms with E-state index in [1.165, 1.54) is 17.5 Å². The Kier molecular flexibility index (Phi) is 5.44. The predicted molar refractivity (Wildman–Crippen MR) is 114 cm³/mol. The molecule has 0 radical (unpaired) electrons. The molecule has 0 amide bonds. The Balaban J connectivity index is 1.74. The second-order valence-electron chi connectivity index (χ2n) is 8.96. The van der Waals surface area contributed by atoms with Crippen molar-refractivity contribution >= 4 is 18.7 Å². The number of hydrogen-bond acceptors (Lipinski definition) is 5. The first kappa shape index (κ1) is 20.7. The van der Waals surface area contributed by atoms with E-state index in [-0.39, 0.29) is 5.04 Å². The standard InChI is InChI=1S/C23H30O5Si/c1-22(2,3)29(17-11-7-5-8-12-17,18-13-9-6-10-14-18)27-16-23-15-26-20(23)19(24)21(25-4)28-23/h5-14,19-21,24H,15-16H2,1-4H3/t19-,20?,21+,23+/m0/s1. The van der Waals surface area contributed by atoms with Gasteiger partial charge in [0.1, 0.15) is 17.8 Å². The van der Waals surface area contributed by atoms with Crippen LogP contribution in [-0.4, -0.2) is 57.8 Å². The highest BCUT2D eigenvalue weighted by atomic mass is 28.4. The predicted octanol–water partition coefficient (Wildman–Crippen LogP) is 2.06. The second-order valence-corrected chi connectivity index (χ2v) is 13.3. The molecule has 4 atom stereocenters. The highest BCUT2D eigenvalue weighted by Crippen LogP contribution is 2.44. The van der Waals surface area contributed by atoms with Crippen molar-refractivity contribution in [3.05, 3.63) is 60.7 Å². The highest BCUT2D eigenvalue weighted by molar-refractivity contribution is 6.99. The fraction of sp³-hybridized carbons (Fsp3) is 0.478. The summed E-state index contributed by atoms with van der Waals surface area (Å²) < 4.78 is 24.0. The zero-order valence-corrected chi connectivity index (χ0v) is 18.5. The minimum absolute atomic E-state index is 0.121. The Morgan fingerprint density at radius 3 is 2.00 bits per heavy atom. The van der Waals surface area contributed by atoms with E-state index in [0.29, 0.717) is 13.2 Å². The number of fused-ring (bicyclic) bond motifs is 1. The molecular weight excluding hydrogens is 384 g/mol. The van der Waals surface area contributed by atoms with Crippen molar-refractivity contribution in [3.63, 3.8) is 0 Å². The van der Waals surface area contributed by atoms with E-state index in [0.717, 1.165) is 0 Å². The number of aliphatic hydroxyl groups excluding tert-OH is 1. The van der Waals surface area contributed by atoms with E-state index in [2.05, 4.69) is 69.3 Å². The van der Waals surface area contributed by atoms with E-state index < -0.39 is 32.4 Å². The van der Waals surface area contributed by atoms with Crippen molar-refractivity contribution in [2.75, 3.05) is 20.3 Å². The molecule has 5 nitrogen and oxygen atoms in total. The maximum Gasteiger partial charge on any atom is 0.261 e. The van der Waals surface area contributed by atoms with Crippen LogP contribution >= 0.6 is 0 Å². The van der Waals surface area contributed by atoms with E-state index >= 15 is 0 Å². The van der Waals surface area contributed by atoms with Crippen LogP contribution in [0.5, 0.6) is 0 Å². The zero-order valence-electron chi connectivity index (χ0n) is 17.5. The lowest BCUT2D eigenvalue weighted by molar-refractivity contribution is -0.256.